The van der Waals surface area contributed by atoms with Crippen molar-refractivity contribution in [1.29, 1.82) is 0 Å². The summed E-state index contributed by atoms with van der Waals surface area (Å²) in [6, 6.07) is 5.76. The average Bonchev–Trinajstić information content (AvgIpc) is 2.25. The fourth-order valence-corrected chi connectivity index (χ4v) is 2.14. The Hall–Kier alpha value is -0.770. The van der Waals surface area contributed by atoms with Gasteiger partial charge in [-0.1, -0.05) is 17.7 Å². The van der Waals surface area contributed by atoms with Crippen LogP contribution in [0.2, 0.25) is 5.02 Å². The van der Waals surface area contributed by atoms with Gasteiger partial charge in [0.15, 0.2) is 0 Å². The molecular formula is C12H18ClN3. The van der Waals surface area contributed by atoms with Crippen LogP contribution in [-0.2, 0) is 6.54 Å². The Morgan fingerprint density at radius 3 is 2.56 bits per heavy atom. The van der Waals surface area contributed by atoms with E-state index in [0.717, 1.165) is 38.4 Å². The molecule has 0 saturated carbocycles. The molecule has 1 aliphatic rings. The van der Waals surface area contributed by atoms with Crippen molar-refractivity contribution < 1.29 is 0 Å². The molecule has 1 fully saturated rings. The highest BCUT2D eigenvalue weighted by molar-refractivity contribution is 6.30. The van der Waals surface area contributed by atoms with E-state index in [4.69, 9.17) is 17.3 Å². The first kappa shape index (κ1) is 11.7. The summed E-state index contributed by atoms with van der Waals surface area (Å²) in [5.41, 5.74) is 7.92. The first-order valence-electron chi connectivity index (χ1n) is 5.60. The molecule has 2 N–H and O–H groups in total. The average molecular weight is 240 g/mol. The number of hydrogen-bond donors (Lipinski definition) is 1. The van der Waals surface area contributed by atoms with E-state index in [0.29, 0.717) is 5.02 Å². The van der Waals surface area contributed by atoms with Crippen molar-refractivity contribution in [2.24, 2.45) is 0 Å². The monoisotopic (exact) mass is 239 g/mol. The van der Waals surface area contributed by atoms with Crippen LogP contribution in [0.4, 0.5) is 5.69 Å². The second-order valence-electron chi connectivity index (χ2n) is 4.42. The predicted molar refractivity (Wildman–Crippen MR) is 68.6 cm³/mol. The van der Waals surface area contributed by atoms with Crippen LogP contribution in [0.5, 0.6) is 0 Å². The van der Waals surface area contributed by atoms with Crippen LogP contribution >= 0.6 is 11.6 Å². The number of rotatable bonds is 2. The van der Waals surface area contributed by atoms with Gasteiger partial charge in [0.05, 0.1) is 0 Å². The van der Waals surface area contributed by atoms with Crippen LogP contribution < -0.4 is 5.73 Å². The number of hydrogen-bond acceptors (Lipinski definition) is 3. The van der Waals surface area contributed by atoms with Gasteiger partial charge in [-0.2, -0.15) is 0 Å². The highest BCUT2D eigenvalue weighted by Gasteiger charge is 2.14. The molecule has 88 valence electrons. The molecule has 0 aromatic heterocycles. The summed E-state index contributed by atoms with van der Waals surface area (Å²) in [6.45, 7) is 5.41. The van der Waals surface area contributed by atoms with E-state index in [2.05, 4.69) is 16.8 Å². The van der Waals surface area contributed by atoms with E-state index < -0.39 is 0 Å². The molecule has 1 aromatic rings. The summed E-state index contributed by atoms with van der Waals surface area (Å²) in [5.74, 6) is 0. The van der Waals surface area contributed by atoms with E-state index in [-0.39, 0.29) is 0 Å². The third-order valence-electron chi connectivity index (χ3n) is 3.10. The Kier molecular flexibility index (Phi) is 3.69. The zero-order chi connectivity index (χ0) is 11.5. The van der Waals surface area contributed by atoms with Crippen molar-refractivity contribution in [3.8, 4) is 0 Å². The van der Waals surface area contributed by atoms with Gasteiger partial charge in [-0.15, -0.1) is 0 Å². The standard InChI is InChI=1S/C12H18ClN3/c1-15-4-6-16(7-5-15)9-10-2-3-11(13)8-12(10)14/h2-3,8H,4-7,9,14H2,1H3. The van der Waals surface area contributed by atoms with Crippen molar-refractivity contribution in [2.75, 3.05) is 39.0 Å². The molecule has 0 aliphatic carbocycles. The first-order chi connectivity index (χ1) is 7.65. The maximum atomic E-state index is 5.94. The summed E-state index contributed by atoms with van der Waals surface area (Å²) < 4.78 is 0. The number of likely N-dealkylation sites (N-methyl/N-ethyl adjacent to an activating group) is 1. The molecule has 0 unspecified atom stereocenters. The van der Waals surface area contributed by atoms with E-state index >= 15 is 0 Å². The lowest BCUT2D eigenvalue weighted by Crippen LogP contribution is -2.43. The minimum absolute atomic E-state index is 0.708. The predicted octanol–water partition coefficient (Wildman–Crippen LogP) is 1.67. The lowest BCUT2D eigenvalue weighted by atomic mass is 10.1. The van der Waals surface area contributed by atoms with Crippen molar-refractivity contribution >= 4 is 17.3 Å². The lowest BCUT2D eigenvalue weighted by Gasteiger charge is -2.32. The molecule has 2 rings (SSSR count). The second-order valence-corrected chi connectivity index (χ2v) is 4.86. The van der Waals surface area contributed by atoms with Gasteiger partial charge < -0.3 is 10.6 Å². The molecule has 3 nitrogen and oxygen atoms in total. The molecule has 1 heterocycles. The van der Waals surface area contributed by atoms with Crippen LogP contribution in [0.25, 0.3) is 0 Å². The number of anilines is 1. The molecule has 4 heteroatoms. The third kappa shape index (κ3) is 2.88. The van der Waals surface area contributed by atoms with Gasteiger partial charge in [0.1, 0.15) is 0 Å². The van der Waals surface area contributed by atoms with Gasteiger partial charge in [0, 0.05) is 43.4 Å². The minimum atomic E-state index is 0.708. The quantitative estimate of drug-likeness (QED) is 0.797. The van der Waals surface area contributed by atoms with Crippen LogP contribution in [0.3, 0.4) is 0 Å². The van der Waals surface area contributed by atoms with Crippen molar-refractivity contribution in [3.05, 3.63) is 28.8 Å². The highest BCUT2D eigenvalue weighted by atomic mass is 35.5. The molecule has 0 amide bonds. The summed E-state index contributed by atoms with van der Waals surface area (Å²) >= 11 is 5.88. The van der Waals surface area contributed by atoms with E-state index in [1.807, 2.05) is 18.2 Å². The molecule has 1 saturated heterocycles. The molecular weight excluding hydrogens is 222 g/mol. The summed E-state index contributed by atoms with van der Waals surface area (Å²) in [7, 11) is 2.16. The van der Waals surface area contributed by atoms with Gasteiger partial charge in [-0.25, -0.2) is 0 Å². The Labute approximate surface area is 102 Å². The molecule has 0 radical (unpaired) electrons. The van der Waals surface area contributed by atoms with Crippen LogP contribution in [0.1, 0.15) is 5.56 Å². The lowest BCUT2D eigenvalue weighted by molar-refractivity contribution is 0.148. The number of halogens is 1. The smallest absolute Gasteiger partial charge is 0.0426 e. The molecule has 1 aromatic carbocycles. The van der Waals surface area contributed by atoms with E-state index in [9.17, 15) is 0 Å². The molecule has 0 atom stereocenters. The Balaban J connectivity index is 1.98. The fourth-order valence-electron chi connectivity index (χ4n) is 1.96. The van der Waals surface area contributed by atoms with Gasteiger partial charge >= 0.3 is 0 Å². The van der Waals surface area contributed by atoms with E-state index in [1.54, 1.807) is 0 Å². The Bertz CT molecular complexity index is 359. The SMILES string of the molecule is CN1CCN(Cc2ccc(Cl)cc2N)CC1. The maximum Gasteiger partial charge on any atom is 0.0426 e. The molecule has 1 aliphatic heterocycles. The topological polar surface area (TPSA) is 32.5 Å². The molecule has 16 heavy (non-hydrogen) atoms. The number of nitrogens with two attached hydrogens (primary N) is 1. The van der Waals surface area contributed by atoms with Crippen molar-refractivity contribution in [2.45, 2.75) is 6.54 Å². The number of nitrogen functional groups attached to an aromatic ring is 1. The van der Waals surface area contributed by atoms with Crippen LogP contribution in [0.15, 0.2) is 18.2 Å². The van der Waals surface area contributed by atoms with Crippen molar-refractivity contribution in [1.82, 2.24) is 9.80 Å². The maximum absolute atomic E-state index is 5.94. The van der Waals surface area contributed by atoms with Crippen LogP contribution in [0, 0.1) is 0 Å². The summed E-state index contributed by atoms with van der Waals surface area (Å²) in [5, 5.41) is 0.708. The van der Waals surface area contributed by atoms with Gasteiger partial charge in [-0.3, -0.25) is 4.90 Å². The van der Waals surface area contributed by atoms with E-state index in [1.165, 1.54) is 5.56 Å². The van der Waals surface area contributed by atoms with Gasteiger partial charge in [0.2, 0.25) is 0 Å². The largest absolute Gasteiger partial charge is 0.398 e. The van der Waals surface area contributed by atoms with Crippen LogP contribution in [-0.4, -0.2) is 43.0 Å². The van der Waals surface area contributed by atoms with Crippen molar-refractivity contribution in [3.63, 3.8) is 0 Å². The summed E-state index contributed by atoms with van der Waals surface area (Å²) in [6.07, 6.45) is 0. The fraction of sp³-hybridized carbons (Fsp3) is 0.500. The second kappa shape index (κ2) is 5.04. The molecule has 0 spiro atoms. The normalized spacial score (nSPS) is 18.9. The third-order valence-corrected chi connectivity index (χ3v) is 3.33. The summed E-state index contributed by atoms with van der Waals surface area (Å²) in [4.78, 5) is 4.78. The Morgan fingerprint density at radius 1 is 1.25 bits per heavy atom. The van der Waals surface area contributed by atoms with Gasteiger partial charge in [0.25, 0.3) is 0 Å². The first-order valence-corrected chi connectivity index (χ1v) is 5.98. The zero-order valence-corrected chi connectivity index (χ0v) is 10.4. The Morgan fingerprint density at radius 2 is 1.94 bits per heavy atom. The number of piperazine rings is 1. The highest BCUT2D eigenvalue weighted by Crippen LogP contribution is 2.19. The minimum Gasteiger partial charge on any atom is -0.398 e. The van der Waals surface area contributed by atoms with Gasteiger partial charge in [-0.05, 0) is 24.7 Å². The zero-order valence-electron chi connectivity index (χ0n) is 9.62. The number of nitrogens with zero attached hydrogens (tertiary/aromatic N) is 2. The number of benzene rings is 1. The molecule has 0 bridgehead atoms.